The summed E-state index contributed by atoms with van der Waals surface area (Å²) in [4.78, 5) is 2.19. The molecular weight excluding hydrogens is 246 g/mol. The van der Waals surface area contributed by atoms with Gasteiger partial charge < -0.3 is 5.32 Å². The number of rotatable bonds is 4. The van der Waals surface area contributed by atoms with Gasteiger partial charge in [0.1, 0.15) is 11.6 Å². The lowest BCUT2D eigenvalue weighted by molar-refractivity contribution is 0.147. The van der Waals surface area contributed by atoms with E-state index in [1.807, 2.05) is 0 Å². The lowest BCUT2D eigenvalue weighted by Crippen LogP contribution is -2.45. The number of benzene rings is 1. The standard InChI is InChI=1S/C15H22F2N2/c1-11(2)10-14(19-8-6-18-7-9-19)15-12(16)4-3-5-13(15)17/h3-5,11,14,18H,6-10H2,1-2H3/t14-/m1/s1. The molecule has 19 heavy (non-hydrogen) atoms. The minimum Gasteiger partial charge on any atom is -0.314 e. The highest BCUT2D eigenvalue weighted by Crippen LogP contribution is 2.31. The monoisotopic (exact) mass is 268 g/mol. The van der Waals surface area contributed by atoms with E-state index in [1.54, 1.807) is 0 Å². The molecule has 1 heterocycles. The van der Waals surface area contributed by atoms with Crippen LogP contribution in [0.15, 0.2) is 18.2 Å². The first-order chi connectivity index (χ1) is 9.09. The number of nitrogens with one attached hydrogen (secondary N) is 1. The fourth-order valence-electron chi connectivity index (χ4n) is 2.72. The van der Waals surface area contributed by atoms with Crippen molar-refractivity contribution in [3.05, 3.63) is 35.4 Å². The van der Waals surface area contributed by atoms with Crippen molar-refractivity contribution in [2.75, 3.05) is 26.2 Å². The van der Waals surface area contributed by atoms with E-state index >= 15 is 0 Å². The zero-order valence-corrected chi connectivity index (χ0v) is 11.6. The van der Waals surface area contributed by atoms with Crippen LogP contribution in [0.3, 0.4) is 0 Å². The Hall–Kier alpha value is -1.00. The van der Waals surface area contributed by atoms with Gasteiger partial charge in [-0.25, -0.2) is 8.78 Å². The molecule has 0 unspecified atom stereocenters. The average Bonchev–Trinajstić information content (AvgIpc) is 2.38. The van der Waals surface area contributed by atoms with Gasteiger partial charge in [-0.3, -0.25) is 4.90 Å². The Morgan fingerprint density at radius 1 is 1.16 bits per heavy atom. The molecular formula is C15H22F2N2. The molecule has 0 aromatic heterocycles. The first kappa shape index (κ1) is 14.4. The Bertz CT molecular complexity index is 394. The maximum Gasteiger partial charge on any atom is 0.130 e. The van der Waals surface area contributed by atoms with Crippen molar-refractivity contribution in [2.24, 2.45) is 5.92 Å². The van der Waals surface area contributed by atoms with E-state index in [2.05, 4.69) is 24.1 Å². The number of halogens is 2. The zero-order valence-electron chi connectivity index (χ0n) is 11.6. The fraction of sp³-hybridized carbons (Fsp3) is 0.600. The Labute approximate surface area is 113 Å². The highest BCUT2D eigenvalue weighted by molar-refractivity contribution is 5.23. The Balaban J connectivity index is 2.30. The summed E-state index contributed by atoms with van der Waals surface area (Å²) in [5, 5.41) is 3.27. The van der Waals surface area contributed by atoms with Crippen LogP contribution < -0.4 is 5.32 Å². The third-order valence-electron chi connectivity index (χ3n) is 3.62. The molecule has 4 heteroatoms. The van der Waals surface area contributed by atoms with Crippen molar-refractivity contribution in [1.29, 1.82) is 0 Å². The zero-order chi connectivity index (χ0) is 13.8. The molecule has 0 amide bonds. The molecule has 0 bridgehead atoms. The molecule has 1 N–H and O–H groups in total. The molecule has 1 aromatic rings. The van der Waals surface area contributed by atoms with Crippen molar-refractivity contribution in [1.82, 2.24) is 10.2 Å². The molecule has 0 spiro atoms. The molecule has 0 saturated carbocycles. The SMILES string of the molecule is CC(C)C[C@H](c1c(F)cccc1F)N1CCNCC1. The largest absolute Gasteiger partial charge is 0.314 e. The van der Waals surface area contributed by atoms with Gasteiger partial charge in [0.15, 0.2) is 0 Å². The van der Waals surface area contributed by atoms with Crippen LogP contribution in [0.5, 0.6) is 0 Å². The van der Waals surface area contributed by atoms with Gasteiger partial charge in [0.2, 0.25) is 0 Å². The predicted octanol–water partition coefficient (Wildman–Crippen LogP) is 2.96. The molecule has 1 fully saturated rings. The topological polar surface area (TPSA) is 15.3 Å². The summed E-state index contributed by atoms with van der Waals surface area (Å²) in [6, 6.07) is 3.98. The summed E-state index contributed by atoms with van der Waals surface area (Å²) in [5.41, 5.74) is 0.234. The van der Waals surface area contributed by atoms with Gasteiger partial charge in [-0.1, -0.05) is 19.9 Å². The summed E-state index contributed by atoms with van der Waals surface area (Å²) in [7, 11) is 0. The van der Waals surface area contributed by atoms with Gasteiger partial charge in [-0.15, -0.1) is 0 Å². The van der Waals surface area contributed by atoms with E-state index in [4.69, 9.17) is 0 Å². The van der Waals surface area contributed by atoms with Gasteiger partial charge in [-0.05, 0) is 24.5 Å². The second kappa shape index (κ2) is 6.44. The smallest absolute Gasteiger partial charge is 0.130 e. The lowest BCUT2D eigenvalue weighted by atomic mass is 9.94. The van der Waals surface area contributed by atoms with Crippen molar-refractivity contribution >= 4 is 0 Å². The third kappa shape index (κ3) is 3.51. The number of hydrogen-bond acceptors (Lipinski definition) is 2. The third-order valence-corrected chi connectivity index (χ3v) is 3.62. The van der Waals surface area contributed by atoms with Crippen molar-refractivity contribution < 1.29 is 8.78 Å². The minimum atomic E-state index is -0.427. The van der Waals surface area contributed by atoms with E-state index in [1.165, 1.54) is 18.2 Å². The second-order valence-corrected chi connectivity index (χ2v) is 5.57. The van der Waals surface area contributed by atoms with Crippen LogP contribution in [0.2, 0.25) is 0 Å². The van der Waals surface area contributed by atoms with Gasteiger partial charge in [0.25, 0.3) is 0 Å². The highest BCUT2D eigenvalue weighted by atomic mass is 19.1. The Kier molecular flexibility index (Phi) is 4.88. The minimum absolute atomic E-state index is 0.164. The highest BCUT2D eigenvalue weighted by Gasteiger charge is 2.27. The summed E-state index contributed by atoms with van der Waals surface area (Å²) in [6.07, 6.45) is 0.776. The molecule has 1 saturated heterocycles. The lowest BCUT2D eigenvalue weighted by Gasteiger charge is -2.36. The van der Waals surface area contributed by atoms with Crippen LogP contribution in [0.1, 0.15) is 31.9 Å². The summed E-state index contributed by atoms with van der Waals surface area (Å²) in [6.45, 7) is 7.62. The van der Waals surface area contributed by atoms with Crippen LogP contribution in [-0.4, -0.2) is 31.1 Å². The van der Waals surface area contributed by atoms with E-state index < -0.39 is 11.6 Å². The Morgan fingerprint density at radius 3 is 2.26 bits per heavy atom. The van der Waals surface area contributed by atoms with Gasteiger partial charge in [-0.2, -0.15) is 0 Å². The van der Waals surface area contributed by atoms with E-state index in [-0.39, 0.29) is 11.6 Å². The molecule has 2 nitrogen and oxygen atoms in total. The average molecular weight is 268 g/mol. The second-order valence-electron chi connectivity index (χ2n) is 5.57. The first-order valence-electron chi connectivity index (χ1n) is 6.98. The first-order valence-corrected chi connectivity index (χ1v) is 6.98. The van der Waals surface area contributed by atoms with Gasteiger partial charge >= 0.3 is 0 Å². The molecule has 0 aliphatic carbocycles. The van der Waals surface area contributed by atoms with Crippen LogP contribution in [-0.2, 0) is 0 Å². The van der Waals surface area contributed by atoms with E-state index in [9.17, 15) is 8.78 Å². The van der Waals surface area contributed by atoms with E-state index in [0.717, 1.165) is 32.6 Å². The number of nitrogens with zero attached hydrogens (tertiary/aromatic N) is 1. The van der Waals surface area contributed by atoms with Gasteiger partial charge in [0.05, 0.1) is 0 Å². The van der Waals surface area contributed by atoms with Crippen LogP contribution in [0.4, 0.5) is 8.78 Å². The van der Waals surface area contributed by atoms with Crippen LogP contribution >= 0.6 is 0 Å². The summed E-state index contributed by atoms with van der Waals surface area (Å²) >= 11 is 0. The van der Waals surface area contributed by atoms with Crippen molar-refractivity contribution in [3.63, 3.8) is 0 Å². The van der Waals surface area contributed by atoms with E-state index in [0.29, 0.717) is 5.92 Å². The fourth-order valence-corrected chi connectivity index (χ4v) is 2.72. The molecule has 2 rings (SSSR count). The number of hydrogen-bond donors (Lipinski definition) is 1. The Morgan fingerprint density at radius 2 is 1.74 bits per heavy atom. The molecule has 106 valence electrons. The summed E-state index contributed by atoms with van der Waals surface area (Å²) < 4.78 is 28.0. The maximum atomic E-state index is 14.0. The molecule has 1 aromatic carbocycles. The van der Waals surface area contributed by atoms with Crippen molar-refractivity contribution in [3.8, 4) is 0 Å². The van der Waals surface area contributed by atoms with Gasteiger partial charge in [0, 0.05) is 37.8 Å². The van der Waals surface area contributed by atoms with Crippen LogP contribution in [0.25, 0.3) is 0 Å². The normalized spacial score (nSPS) is 18.8. The molecule has 0 radical (unpaired) electrons. The quantitative estimate of drug-likeness (QED) is 0.903. The predicted molar refractivity (Wildman–Crippen MR) is 73.0 cm³/mol. The molecule has 1 atom stereocenters. The summed E-state index contributed by atoms with van der Waals surface area (Å²) in [5.74, 6) is -0.452. The van der Waals surface area contributed by atoms with Crippen LogP contribution in [0, 0.1) is 17.6 Å². The molecule has 1 aliphatic heterocycles. The number of piperazine rings is 1. The molecule has 1 aliphatic rings. The van der Waals surface area contributed by atoms with Crippen molar-refractivity contribution in [2.45, 2.75) is 26.3 Å². The maximum absolute atomic E-state index is 14.0.